The predicted octanol–water partition coefficient (Wildman–Crippen LogP) is 5.16. The molecule has 1 aliphatic rings. The molecule has 0 radical (unpaired) electrons. The van der Waals surface area contributed by atoms with Crippen molar-refractivity contribution >= 4 is 33.6 Å². The lowest BCUT2D eigenvalue weighted by molar-refractivity contribution is 0.0981. The van der Waals surface area contributed by atoms with Crippen LogP contribution in [-0.4, -0.2) is 36.4 Å². The highest BCUT2D eigenvalue weighted by Gasteiger charge is 2.40. The molecule has 1 atom stereocenters. The van der Waals surface area contributed by atoms with Gasteiger partial charge in [-0.3, -0.25) is 4.79 Å². The topological polar surface area (TPSA) is 118 Å². The Labute approximate surface area is 221 Å². The van der Waals surface area contributed by atoms with Crippen LogP contribution in [0.5, 0.6) is 0 Å². The first-order chi connectivity index (χ1) is 16.8. The number of aromatic nitrogens is 2. The average molecular weight is 528 g/mol. The quantitative estimate of drug-likeness (QED) is 0.551. The Kier molecular flexibility index (Phi) is 7.54. The minimum atomic E-state index is -4.25. The summed E-state index contributed by atoms with van der Waals surface area (Å²) in [7, 11) is -4.25. The summed E-state index contributed by atoms with van der Waals surface area (Å²) in [4.78, 5) is 24.8. The van der Waals surface area contributed by atoms with Gasteiger partial charge >= 0.3 is 0 Å². The maximum Gasteiger partial charge on any atom is 0.281 e. The first-order valence-corrected chi connectivity index (χ1v) is 14.1. The van der Waals surface area contributed by atoms with Crippen LogP contribution in [0, 0.1) is 11.3 Å². The fourth-order valence-electron chi connectivity index (χ4n) is 4.73. The van der Waals surface area contributed by atoms with Crippen molar-refractivity contribution in [2.75, 3.05) is 17.2 Å². The molecule has 202 valence electrons. The smallest absolute Gasteiger partial charge is 0.281 e. The summed E-state index contributed by atoms with van der Waals surface area (Å²) in [6, 6.07) is 6.03. The fourth-order valence-corrected chi connectivity index (χ4v) is 5.67. The maximum atomic E-state index is 13.7. The van der Waals surface area contributed by atoms with Crippen molar-refractivity contribution in [3.05, 3.63) is 47.2 Å². The first-order valence-electron chi connectivity index (χ1n) is 12.6. The molecule has 2 aromatic rings. The van der Waals surface area contributed by atoms with Crippen LogP contribution in [-0.2, 0) is 15.4 Å². The molecule has 1 amide bonds. The van der Waals surface area contributed by atoms with Gasteiger partial charge in [-0.25, -0.2) is 14.7 Å². The molecule has 1 aliphatic heterocycles. The van der Waals surface area contributed by atoms with Crippen LogP contribution in [0.2, 0.25) is 0 Å². The van der Waals surface area contributed by atoms with E-state index in [9.17, 15) is 13.2 Å². The Morgan fingerprint density at radius 3 is 2.32 bits per heavy atom. The van der Waals surface area contributed by atoms with Gasteiger partial charge in [0.15, 0.2) is 5.03 Å². The van der Waals surface area contributed by atoms with Crippen LogP contribution in [0.15, 0.2) is 35.4 Å². The standard InChI is InChI=1S/C28H41N5O3S/c1-18-16-28(8,9)33(17-18)24-20(25(34)32-37(35,36)22-12-10-11-21(29)30-22)15-19(13-14-26(2,3)4)23(31-24)27(5,6)7/h10-15,18H,16-17H2,1-9H3,(H2,29,30)(H,32,34)/t18-/m0/s1. The second kappa shape index (κ2) is 9.74. The Morgan fingerprint density at radius 2 is 1.81 bits per heavy atom. The molecular weight excluding hydrogens is 486 g/mol. The highest BCUT2D eigenvalue weighted by atomic mass is 32.2. The highest BCUT2D eigenvalue weighted by molar-refractivity contribution is 7.90. The van der Waals surface area contributed by atoms with E-state index in [1.165, 1.54) is 18.2 Å². The Hall–Kier alpha value is -2.94. The fraction of sp³-hybridized carbons (Fsp3) is 0.536. The Bertz CT molecular complexity index is 1320. The zero-order valence-electron chi connectivity index (χ0n) is 23.5. The first kappa shape index (κ1) is 28.6. The maximum absolute atomic E-state index is 13.7. The molecule has 0 unspecified atom stereocenters. The lowest BCUT2D eigenvalue weighted by Gasteiger charge is -2.35. The third-order valence-electron chi connectivity index (χ3n) is 6.33. The molecule has 0 saturated carbocycles. The lowest BCUT2D eigenvalue weighted by Crippen LogP contribution is -2.41. The lowest BCUT2D eigenvalue weighted by atomic mass is 9.86. The normalized spacial score (nSPS) is 18.4. The van der Waals surface area contributed by atoms with Crippen molar-refractivity contribution < 1.29 is 13.2 Å². The zero-order chi connectivity index (χ0) is 28.0. The summed E-state index contributed by atoms with van der Waals surface area (Å²) in [6.45, 7) is 19.7. The van der Waals surface area contributed by atoms with Crippen molar-refractivity contribution in [3.63, 3.8) is 0 Å². The van der Waals surface area contributed by atoms with E-state index in [1.54, 1.807) is 6.07 Å². The Balaban J connectivity index is 2.22. The van der Waals surface area contributed by atoms with Crippen LogP contribution in [0.4, 0.5) is 11.6 Å². The number of sulfonamides is 1. The summed E-state index contributed by atoms with van der Waals surface area (Å²) in [5, 5.41) is -0.315. The molecule has 1 saturated heterocycles. The summed E-state index contributed by atoms with van der Waals surface area (Å²) in [6.07, 6.45) is 4.97. The molecule has 3 heterocycles. The number of rotatable bonds is 5. The van der Waals surface area contributed by atoms with Gasteiger partial charge in [0.2, 0.25) is 0 Å². The van der Waals surface area contributed by atoms with E-state index in [4.69, 9.17) is 10.7 Å². The van der Waals surface area contributed by atoms with E-state index in [1.807, 2.05) is 6.08 Å². The van der Waals surface area contributed by atoms with Gasteiger partial charge in [0.1, 0.15) is 11.6 Å². The number of hydrogen-bond donors (Lipinski definition) is 2. The number of anilines is 2. The second-order valence-electron chi connectivity index (χ2n) is 12.8. The van der Waals surface area contributed by atoms with E-state index in [-0.39, 0.29) is 32.8 Å². The third kappa shape index (κ3) is 6.69. The van der Waals surface area contributed by atoms with Gasteiger partial charge in [0, 0.05) is 17.5 Å². The molecule has 0 bridgehead atoms. The van der Waals surface area contributed by atoms with Crippen LogP contribution in [0.25, 0.3) is 6.08 Å². The largest absolute Gasteiger partial charge is 0.384 e. The summed E-state index contributed by atoms with van der Waals surface area (Å²) < 4.78 is 28.3. The van der Waals surface area contributed by atoms with Gasteiger partial charge < -0.3 is 10.6 Å². The number of pyridine rings is 2. The highest BCUT2D eigenvalue weighted by Crippen LogP contribution is 2.39. The number of nitrogens with zero attached hydrogens (tertiary/aromatic N) is 3. The molecular formula is C28H41N5O3S. The molecule has 3 N–H and O–H groups in total. The molecule has 9 heteroatoms. The molecule has 37 heavy (non-hydrogen) atoms. The Morgan fingerprint density at radius 1 is 1.16 bits per heavy atom. The van der Waals surface area contributed by atoms with Gasteiger partial charge in [-0.15, -0.1) is 0 Å². The van der Waals surface area contributed by atoms with Gasteiger partial charge in [0.05, 0.1) is 11.3 Å². The van der Waals surface area contributed by atoms with E-state index in [2.05, 4.69) is 83.0 Å². The molecule has 0 aromatic carbocycles. The van der Waals surface area contributed by atoms with Crippen LogP contribution in [0.3, 0.4) is 0 Å². The third-order valence-corrected chi connectivity index (χ3v) is 7.56. The van der Waals surface area contributed by atoms with Crippen molar-refractivity contribution in [1.29, 1.82) is 0 Å². The van der Waals surface area contributed by atoms with E-state index >= 15 is 0 Å². The number of carbonyl (C=O) groups is 1. The number of hydrogen-bond acceptors (Lipinski definition) is 7. The zero-order valence-corrected chi connectivity index (χ0v) is 24.3. The average Bonchev–Trinajstić information content (AvgIpc) is 3.01. The monoisotopic (exact) mass is 527 g/mol. The van der Waals surface area contributed by atoms with Crippen molar-refractivity contribution in [2.24, 2.45) is 11.3 Å². The number of carbonyl (C=O) groups excluding carboxylic acids is 1. The summed E-state index contributed by atoms with van der Waals surface area (Å²) in [5.74, 6) is 0.175. The van der Waals surface area contributed by atoms with E-state index < -0.39 is 15.9 Å². The minimum Gasteiger partial charge on any atom is -0.384 e. The van der Waals surface area contributed by atoms with Gasteiger partial charge in [0.25, 0.3) is 15.9 Å². The molecule has 2 aromatic heterocycles. The number of amides is 1. The predicted molar refractivity (Wildman–Crippen MR) is 150 cm³/mol. The molecule has 3 rings (SSSR count). The van der Waals surface area contributed by atoms with Crippen LogP contribution in [0.1, 0.15) is 90.3 Å². The number of allylic oxidation sites excluding steroid dienone is 1. The number of nitrogens with two attached hydrogens (primary N) is 1. The molecule has 0 spiro atoms. The second-order valence-corrected chi connectivity index (χ2v) is 14.4. The van der Waals surface area contributed by atoms with Crippen LogP contribution < -0.4 is 15.4 Å². The SMILES string of the molecule is C[C@@H]1CN(c2nc(C(C)(C)C)c(C=CC(C)(C)C)cc2C(=O)NS(=O)(=O)c2cccc(N)n2)C(C)(C)C1. The summed E-state index contributed by atoms with van der Waals surface area (Å²) in [5.41, 5.74) is 6.85. The minimum absolute atomic E-state index is 0.0506. The summed E-state index contributed by atoms with van der Waals surface area (Å²) >= 11 is 0. The van der Waals surface area contributed by atoms with Gasteiger partial charge in [-0.2, -0.15) is 8.42 Å². The van der Waals surface area contributed by atoms with Gasteiger partial charge in [-0.05, 0) is 55.4 Å². The van der Waals surface area contributed by atoms with E-state index in [0.717, 1.165) is 17.7 Å². The van der Waals surface area contributed by atoms with Crippen molar-refractivity contribution in [1.82, 2.24) is 14.7 Å². The molecule has 1 fully saturated rings. The van der Waals surface area contributed by atoms with Crippen molar-refractivity contribution in [2.45, 2.75) is 84.7 Å². The number of nitrogens with one attached hydrogen (secondary N) is 1. The molecule has 0 aliphatic carbocycles. The van der Waals surface area contributed by atoms with E-state index in [0.29, 0.717) is 18.3 Å². The van der Waals surface area contributed by atoms with Crippen molar-refractivity contribution in [3.8, 4) is 0 Å². The van der Waals surface area contributed by atoms with Gasteiger partial charge in [-0.1, -0.05) is 66.7 Å². The number of nitrogen functional groups attached to an aromatic ring is 1. The van der Waals surface area contributed by atoms with Crippen LogP contribution >= 0.6 is 0 Å². The molecule has 8 nitrogen and oxygen atoms in total.